The fourth-order valence-electron chi connectivity index (χ4n) is 1.83. The lowest BCUT2D eigenvalue weighted by atomic mass is 10.1. The second-order valence-corrected chi connectivity index (χ2v) is 5.42. The van der Waals surface area contributed by atoms with Gasteiger partial charge < -0.3 is 15.7 Å². The zero-order valence-electron chi connectivity index (χ0n) is 12.0. The van der Waals surface area contributed by atoms with Gasteiger partial charge in [-0.15, -0.1) is 0 Å². The summed E-state index contributed by atoms with van der Waals surface area (Å²) >= 11 is 5.85. The van der Waals surface area contributed by atoms with Gasteiger partial charge in [0.05, 0.1) is 0 Å². The smallest absolute Gasteiger partial charge is 0.384 e. The Balaban J connectivity index is 2.30. The molecule has 1 aromatic rings. The molecule has 0 fully saturated rings. The summed E-state index contributed by atoms with van der Waals surface area (Å²) in [6, 6.07) is 6.37. The lowest BCUT2D eigenvalue weighted by Crippen LogP contribution is -2.43. The van der Waals surface area contributed by atoms with Crippen LogP contribution in [0, 0.1) is 0 Å². The van der Waals surface area contributed by atoms with Gasteiger partial charge >= 0.3 is 12.2 Å². The molecule has 3 N–H and O–H groups in total. The van der Waals surface area contributed by atoms with Gasteiger partial charge in [-0.2, -0.15) is 13.2 Å². The van der Waals surface area contributed by atoms with Crippen molar-refractivity contribution >= 4 is 17.6 Å². The highest BCUT2D eigenvalue weighted by Gasteiger charge is 2.37. The lowest BCUT2D eigenvalue weighted by Gasteiger charge is -2.17. The highest BCUT2D eigenvalue weighted by molar-refractivity contribution is 6.30. The molecule has 0 aliphatic rings. The number of nitrogens with one attached hydrogen (secondary N) is 2. The Hall–Kier alpha value is -1.47. The number of alkyl halides is 3. The molecule has 1 rings (SSSR count). The predicted octanol–water partition coefficient (Wildman–Crippen LogP) is 2.88. The van der Waals surface area contributed by atoms with Crippen LogP contribution in [0.2, 0.25) is 5.02 Å². The molecule has 4 nitrogen and oxygen atoms in total. The van der Waals surface area contributed by atoms with E-state index in [0.717, 1.165) is 5.56 Å². The number of carbonyl (C=O) groups excluding carboxylic acids is 1. The van der Waals surface area contributed by atoms with E-state index >= 15 is 0 Å². The molecule has 0 spiro atoms. The molecule has 0 saturated carbocycles. The molecule has 0 aliphatic carbocycles. The molecule has 2 amide bonds. The van der Waals surface area contributed by atoms with E-state index in [2.05, 4.69) is 10.6 Å². The number of hydrogen-bond acceptors (Lipinski definition) is 2. The first-order chi connectivity index (χ1) is 10.2. The van der Waals surface area contributed by atoms with E-state index in [9.17, 15) is 18.0 Å². The Morgan fingerprint density at radius 3 is 2.68 bits per heavy atom. The minimum absolute atomic E-state index is 0.217. The monoisotopic (exact) mass is 338 g/mol. The van der Waals surface area contributed by atoms with Crippen LogP contribution in [0.3, 0.4) is 0 Å². The van der Waals surface area contributed by atoms with Crippen LogP contribution in [0.1, 0.15) is 18.9 Å². The van der Waals surface area contributed by atoms with Crippen molar-refractivity contribution in [3.05, 3.63) is 34.9 Å². The fraction of sp³-hybridized carbons (Fsp3) is 0.500. The second kappa shape index (κ2) is 8.24. The number of aliphatic hydroxyl groups excluding tert-OH is 1. The van der Waals surface area contributed by atoms with E-state index in [1.165, 1.54) is 0 Å². The molecular weight excluding hydrogens is 321 g/mol. The zero-order valence-corrected chi connectivity index (χ0v) is 12.7. The van der Waals surface area contributed by atoms with Gasteiger partial charge in [0.25, 0.3) is 0 Å². The van der Waals surface area contributed by atoms with E-state index in [4.69, 9.17) is 16.7 Å². The Bertz CT molecular complexity index is 497. The van der Waals surface area contributed by atoms with Crippen LogP contribution < -0.4 is 10.6 Å². The van der Waals surface area contributed by atoms with Crippen LogP contribution in [0.25, 0.3) is 0 Å². The summed E-state index contributed by atoms with van der Waals surface area (Å²) in [6.07, 6.45) is -7.15. The number of urea groups is 1. The largest absolute Gasteiger partial charge is 0.414 e. The quantitative estimate of drug-likeness (QED) is 0.747. The first-order valence-corrected chi connectivity index (χ1v) is 7.10. The van der Waals surface area contributed by atoms with Crippen molar-refractivity contribution in [3.8, 4) is 0 Å². The summed E-state index contributed by atoms with van der Waals surface area (Å²) in [4.78, 5) is 11.5. The van der Waals surface area contributed by atoms with Crippen LogP contribution in [-0.2, 0) is 6.42 Å². The van der Waals surface area contributed by atoms with Gasteiger partial charge in [0.2, 0.25) is 0 Å². The summed E-state index contributed by atoms with van der Waals surface area (Å²) in [5, 5.41) is 14.3. The molecule has 1 aromatic carbocycles. The third-order valence-corrected chi connectivity index (χ3v) is 3.12. The van der Waals surface area contributed by atoms with Crippen molar-refractivity contribution in [2.45, 2.75) is 38.1 Å². The average Bonchev–Trinajstić information content (AvgIpc) is 2.37. The summed E-state index contributed by atoms with van der Waals surface area (Å²) < 4.78 is 36.2. The third-order valence-electron chi connectivity index (χ3n) is 2.89. The van der Waals surface area contributed by atoms with E-state index in [1.807, 2.05) is 6.07 Å². The van der Waals surface area contributed by atoms with Gasteiger partial charge in [-0.3, -0.25) is 0 Å². The van der Waals surface area contributed by atoms with Crippen LogP contribution in [-0.4, -0.2) is 36.0 Å². The van der Waals surface area contributed by atoms with Gasteiger partial charge in [-0.05, 0) is 37.5 Å². The first-order valence-electron chi connectivity index (χ1n) is 6.72. The Kier molecular flexibility index (Phi) is 6.96. The Labute approximate surface area is 131 Å². The molecule has 0 unspecified atom stereocenters. The number of aliphatic hydroxyl groups is 1. The molecule has 0 aromatic heterocycles. The summed E-state index contributed by atoms with van der Waals surface area (Å²) in [7, 11) is 0. The summed E-state index contributed by atoms with van der Waals surface area (Å²) in [5.41, 5.74) is 0.938. The molecule has 8 heteroatoms. The number of rotatable bonds is 6. The van der Waals surface area contributed by atoms with Crippen molar-refractivity contribution in [3.63, 3.8) is 0 Å². The van der Waals surface area contributed by atoms with Crippen molar-refractivity contribution < 1.29 is 23.1 Å². The molecule has 0 radical (unpaired) electrons. The first kappa shape index (κ1) is 18.6. The van der Waals surface area contributed by atoms with E-state index in [1.54, 1.807) is 25.1 Å². The van der Waals surface area contributed by atoms with Crippen molar-refractivity contribution in [2.24, 2.45) is 0 Å². The molecule has 124 valence electrons. The average molecular weight is 339 g/mol. The number of halogens is 4. The van der Waals surface area contributed by atoms with Gasteiger partial charge in [-0.1, -0.05) is 23.7 Å². The van der Waals surface area contributed by atoms with Crippen molar-refractivity contribution in [2.75, 3.05) is 6.54 Å². The highest BCUT2D eigenvalue weighted by atomic mass is 35.5. The number of hydrogen-bond donors (Lipinski definition) is 3. The maximum atomic E-state index is 12.1. The van der Waals surface area contributed by atoms with Gasteiger partial charge in [-0.25, -0.2) is 4.79 Å². The maximum Gasteiger partial charge on any atom is 0.414 e. The Morgan fingerprint density at radius 1 is 1.41 bits per heavy atom. The maximum absolute atomic E-state index is 12.1. The van der Waals surface area contributed by atoms with Crippen LogP contribution >= 0.6 is 11.6 Å². The number of carbonyl (C=O) groups is 1. The molecule has 22 heavy (non-hydrogen) atoms. The second-order valence-electron chi connectivity index (χ2n) is 4.98. The van der Waals surface area contributed by atoms with Crippen LogP contribution in [0.5, 0.6) is 0 Å². The van der Waals surface area contributed by atoms with Crippen LogP contribution in [0.15, 0.2) is 24.3 Å². The Morgan fingerprint density at radius 2 is 2.09 bits per heavy atom. The molecule has 2 atom stereocenters. The molecule has 0 heterocycles. The fourth-order valence-corrected chi connectivity index (χ4v) is 2.04. The molecule has 0 aliphatic heterocycles. The number of benzene rings is 1. The molecule has 0 bridgehead atoms. The lowest BCUT2D eigenvalue weighted by molar-refractivity contribution is -0.204. The van der Waals surface area contributed by atoms with E-state index in [-0.39, 0.29) is 12.6 Å². The SMILES string of the molecule is C[C@H](Cc1cccc(Cl)c1)NC(=O)NCC[C@@H](O)C(F)(F)F. The topological polar surface area (TPSA) is 61.4 Å². The molecular formula is C14H18ClF3N2O2. The summed E-state index contributed by atoms with van der Waals surface area (Å²) in [5.74, 6) is 0. The van der Waals surface area contributed by atoms with Crippen LogP contribution in [0.4, 0.5) is 18.0 Å². The standard InChI is InChI=1S/C14H18ClF3N2O2/c1-9(7-10-3-2-4-11(15)8-10)20-13(22)19-6-5-12(21)14(16,17)18/h2-4,8-9,12,21H,5-7H2,1H3,(H2,19,20,22)/t9-,12-/m1/s1. The normalized spacial score (nSPS) is 14.3. The van der Waals surface area contributed by atoms with E-state index in [0.29, 0.717) is 11.4 Å². The zero-order chi connectivity index (χ0) is 16.8. The predicted molar refractivity (Wildman–Crippen MR) is 77.8 cm³/mol. The van der Waals surface area contributed by atoms with Gasteiger partial charge in [0.15, 0.2) is 6.10 Å². The molecule has 0 saturated heterocycles. The number of amides is 2. The van der Waals surface area contributed by atoms with Crippen molar-refractivity contribution in [1.82, 2.24) is 10.6 Å². The van der Waals surface area contributed by atoms with Crippen molar-refractivity contribution in [1.29, 1.82) is 0 Å². The summed E-state index contributed by atoms with van der Waals surface area (Å²) in [6.45, 7) is 1.50. The van der Waals surface area contributed by atoms with Gasteiger partial charge in [0, 0.05) is 17.6 Å². The van der Waals surface area contributed by atoms with Gasteiger partial charge in [0.1, 0.15) is 0 Å². The minimum Gasteiger partial charge on any atom is -0.384 e. The third kappa shape index (κ3) is 7.00. The van der Waals surface area contributed by atoms with E-state index < -0.39 is 24.7 Å². The minimum atomic E-state index is -4.67. The highest BCUT2D eigenvalue weighted by Crippen LogP contribution is 2.21.